The smallest absolute Gasteiger partial charge is 0.337 e. The third-order valence-electron chi connectivity index (χ3n) is 3.59. The molecule has 1 heterocycles. The summed E-state index contributed by atoms with van der Waals surface area (Å²) in [5.41, 5.74) is 8.88. The number of unbranched alkanes of at least 4 members (excludes halogenated alkanes) is 1. The molecule has 0 aliphatic heterocycles. The summed E-state index contributed by atoms with van der Waals surface area (Å²) >= 11 is 0. The molecule has 6 nitrogen and oxygen atoms in total. The second-order valence-corrected chi connectivity index (χ2v) is 7.60. The molecular weight excluding hydrogens is 303 g/mol. The standard InChI is InChI=1S/C15H25N2O4P/c1-11-9-12(2)15(16)17-14(11)8-6-5-7-13(18)10-22(19,20-3)21-4/h9H,5-8,10H2,1-4H3,(H2,16,17). The number of aryl methyl sites for hydroxylation is 3. The lowest BCUT2D eigenvalue weighted by Gasteiger charge is -2.12. The lowest BCUT2D eigenvalue weighted by atomic mass is 10.1. The van der Waals surface area contributed by atoms with Gasteiger partial charge in [0.15, 0.2) is 0 Å². The summed E-state index contributed by atoms with van der Waals surface area (Å²) in [5, 5.41) is 0. The molecule has 0 unspecified atom stereocenters. The van der Waals surface area contributed by atoms with Crippen LogP contribution < -0.4 is 5.73 Å². The Hall–Kier alpha value is -1.23. The Morgan fingerprint density at radius 3 is 2.45 bits per heavy atom. The molecule has 1 aromatic heterocycles. The predicted molar refractivity (Wildman–Crippen MR) is 87.2 cm³/mol. The second kappa shape index (κ2) is 8.42. The molecule has 1 aromatic rings. The first kappa shape index (κ1) is 18.8. The number of rotatable bonds is 9. The quantitative estimate of drug-likeness (QED) is 0.553. The van der Waals surface area contributed by atoms with Crippen LogP contribution in [0.5, 0.6) is 0 Å². The third-order valence-corrected chi connectivity index (χ3v) is 5.45. The zero-order valence-electron chi connectivity index (χ0n) is 13.7. The van der Waals surface area contributed by atoms with E-state index in [0.717, 1.165) is 29.7 Å². The van der Waals surface area contributed by atoms with Gasteiger partial charge in [-0.1, -0.05) is 6.07 Å². The van der Waals surface area contributed by atoms with Crippen LogP contribution in [0.15, 0.2) is 6.07 Å². The van der Waals surface area contributed by atoms with E-state index >= 15 is 0 Å². The van der Waals surface area contributed by atoms with Crippen LogP contribution in [0.2, 0.25) is 0 Å². The molecule has 0 spiro atoms. The number of carbonyl (C=O) groups is 1. The third kappa shape index (κ3) is 5.52. The highest BCUT2D eigenvalue weighted by Gasteiger charge is 2.24. The maximum atomic E-state index is 11.8. The van der Waals surface area contributed by atoms with E-state index in [1.54, 1.807) is 0 Å². The van der Waals surface area contributed by atoms with Crippen LogP contribution in [-0.4, -0.2) is 31.1 Å². The van der Waals surface area contributed by atoms with Crippen molar-refractivity contribution in [3.63, 3.8) is 0 Å². The van der Waals surface area contributed by atoms with Gasteiger partial charge in [0.2, 0.25) is 0 Å². The first-order valence-corrected chi connectivity index (χ1v) is 8.99. The number of nitrogen functional groups attached to an aromatic ring is 1. The van der Waals surface area contributed by atoms with Gasteiger partial charge < -0.3 is 14.8 Å². The molecule has 0 bridgehead atoms. The molecule has 7 heteroatoms. The molecule has 1 rings (SSSR count). The minimum absolute atomic E-state index is 0.111. The van der Waals surface area contributed by atoms with E-state index in [1.807, 2.05) is 19.9 Å². The number of nitrogens with zero attached hydrogens (tertiary/aromatic N) is 1. The van der Waals surface area contributed by atoms with E-state index in [9.17, 15) is 9.36 Å². The number of anilines is 1. The molecule has 124 valence electrons. The molecule has 0 fully saturated rings. The Balaban J connectivity index is 2.41. The van der Waals surface area contributed by atoms with Crippen molar-refractivity contribution >= 4 is 19.2 Å². The average Bonchev–Trinajstić information content (AvgIpc) is 2.48. The van der Waals surface area contributed by atoms with Crippen molar-refractivity contribution in [2.75, 3.05) is 26.1 Å². The fourth-order valence-electron chi connectivity index (χ4n) is 2.17. The average molecular weight is 328 g/mol. The highest BCUT2D eigenvalue weighted by molar-refractivity contribution is 7.54. The van der Waals surface area contributed by atoms with E-state index in [2.05, 4.69) is 4.98 Å². The van der Waals surface area contributed by atoms with Crippen molar-refractivity contribution in [1.29, 1.82) is 0 Å². The molecule has 0 saturated heterocycles. The maximum absolute atomic E-state index is 11.8. The van der Waals surface area contributed by atoms with Crippen molar-refractivity contribution in [3.8, 4) is 0 Å². The highest BCUT2D eigenvalue weighted by atomic mass is 31.2. The first-order chi connectivity index (χ1) is 10.3. The Kier molecular flexibility index (Phi) is 7.20. The summed E-state index contributed by atoms with van der Waals surface area (Å²) in [5.74, 6) is 0.443. The Bertz CT molecular complexity index is 567. The first-order valence-electron chi connectivity index (χ1n) is 7.26. The van der Waals surface area contributed by atoms with Crippen molar-refractivity contribution in [3.05, 3.63) is 22.9 Å². The lowest BCUT2D eigenvalue weighted by Crippen LogP contribution is -2.08. The van der Waals surface area contributed by atoms with Gasteiger partial charge >= 0.3 is 7.60 Å². The normalized spacial score (nSPS) is 11.6. The van der Waals surface area contributed by atoms with Crippen LogP contribution in [0.1, 0.15) is 36.1 Å². The molecule has 0 radical (unpaired) electrons. The highest BCUT2D eigenvalue weighted by Crippen LogP contribution is 2.46. The lowest BCUT2D eigenvalue weighted by molar-refractivity contribution is -0.117. The molecular formula is C15H25N2O4P. The summed E-state index contributed by atoms with van der Waals surface area (Å²) < 4.78 is 21.4. The van der Waals surface area contributed by atoms with Gasteiger partial charge in [0, 0.05) is 26.3 Å². The van der Waals surface area contributed by atoms with Crippen LogP contribution in [0.25, 0.3) is 0 Å². The van der Waals surface area contributed by atoms with Crippen molar-refractivity contribution in [2.24, 2.45) is 0 Å². The van der Waals surface area contributed by atoms with Gasteiger partial charge in [-0.15, -0.1) is 0 Å². The summed E-state index contributed by atoms with van der Waals surface area (Å²) in [6, 6.07) is 2.02. The fraction of sp³-hybridized carbons (Fsp3) is 0.600. The van der Waals surface area contributed by atoms with E-state index in [-0.39, 0.29) is 11.9 Å². The predicted octanol–water partition coefficient (Wildman–Crippen LogP) is 3.05. The molecule has 0 aromatic carbocycles. The van der Waals surface area contributed by atoms with E-state index in [1.165, 1.54) is 14.2 Å². The van der Waals surface area contributed by atoms with Crippen LogP contribution in [0.4, 0.5) is 5.82 Å². The van der Waals surface area contributed by atoms with E-state index in [0.29, 0.717) is 18.7 Å². The molecule has 0 atom stereocenters. The summed E-state index contributed by atoms with van der Waals surface area (Å²) in [7, 11) is -0.671. The van der Waals surface area contributed by atoms with Gasteiger partial charge in [0.05, 0.1) is 0 Å². The van der Waals surface area contributed by atoms with Gasteiger partial charge in [-0.3, -0.25) is 9.36 Å². The second-order valence-electron chi connectivity index (χ2n) is 5.33. The number of Topliss-reactive ketones (excluding diaryl/α,β-unsaturated/α-hetero) is 1. The molecule has 0 aliphatic carbocycles. The number of nitrogens with two attached hydrogens (primary N) is 1. The summed E-state index contributed by atoms with van der Waals surface area (Å²) in [6.45, 7) is 3.94. The van der Waals surface area contributed by atoms with Gasteiger partial charge in [0.1, 0.15) is 17.8 Å². The zero-order chi connectivity index (χ0) is 16.8. The van der Waals surface area contributed by atoms with Gasteiger partial charge in [-0.2, -0.15) is 0 Å². The van der Waals surface area contributed by atoms with E-state index in [4.69, 9.17) is 14.8 Å². The number of hydrogen-bond donors (Lipinski definition) is 1. The number of ketones is 1. The van der Waals surface area contributed by atoms with Crippen molar-refractivity contribution in [2.45, 2.75) is 39.5 Å². The van der Waals surface area contributed by atoms with Crippen LogP contribution >= 0.6 is 7.60 Å². The van der Waals surface area contributed by atoms with Crippen LogP contribution in [0.3, 0.4) is 0 Å². The summed E-state index contributed by atoms with van der Waals surface area (Å²) in [4.78, 5) is 16.2. The SMILES string of the molecule is COP(=O)(CC(=O)CCCCc1nc(N)c(C)cc1C)OC. The monoisotopic (exact) mass is 328 g/mol. The van der Waals surface area contributed by atoms with Gasteiger partial charge in [0.25, 0.3) is 0 Å². The summed E-state index contributed by atoms with van der Waals surface area (Å²) in [6.07, 6.45) is 2.50. The van der Waals surface area contributed by atoms with Crippen molar-refractivity contribution in [1.82, 2.24) is 4.98 Å². The number of hydrogen-bond acceptors (Lipinski definition) is 6. The maximum Gasteiger partial charge on any atom is 0.337 e. The van der Waals surface area contributed by atoms with Crippen LogP contribution in [-0.2, 0) is 24.8 Å². The largest absolute Gasteiger partial charge is 0.383 e. The Labute approximate surface area is 131 Å². The zero-order valence-corrected chi connectivity index (χ0v) is 14.6. The topological polar surface area (TPSA) is 91.5 Å². The molecule has 0 aliphatic rings. The number of pyridine rings is 1. The van der Waals surface area contributed by atoms with Gasteiger partial charge in [-0.25, -0.2) is 4.98 Å². The molecule has 0 amide bonds. The Morgan fingerprint density at radius 2 is 1.86 bits per heavy atom. The van der Waals surface area contributed by atoms with E-state index < -0.39 is 7.60 Å². The van der Waals surface area contributed by atoms with Gasteiger partial charge in [-0.05, 0) is 44.2 Å². The molecule has 0 saturated carbocycles. The minimum Gasteiger partial charge on any atom is -0.383 e. The number of aromatic nitrogens is 1. The number of carbonyl (C=O) groups excluding carboxylic acids is 1. The fourth-order valence-corrected chi connectivity index (χ4v) is 3.17. The minimum atomic E-state index is -3.24. The van der Waals surface area contributed by atoms with Crippen molar-refractivity contribution < 1.29 is 18.4 Å². The molecule has 22 heavy (non-hydrogen) atoms. The molecule has 2 N–H and O–H groups in total. The van der Waals surface area contributed by atoms with Crippen LogP contribution in [0, 0.1) is 13.8 Å². The Morgan fingerprint density at radius 1 is 1.23 bits per heavy atom.